The molecule has 1 amide bonds. The maximum atomic E-state index is 12.7. The molecule has 3 aromatic rings. The Morgan fingerprint density at radius 3 is 2.13 bits per heavy atom. The van der Waals surface area contributed by atoms with Crippen molar-refractivity contribution < 1.29 is 13.2 Å². The second-order valence-electron chi connectivity index (χ2n) is 7.01. The first-order chi connectivity index (χ1) is 14.1. The van der Waals surface area contributed by atoms with E-state index >= 15 is 0 Å². The van der Waals surface area contributed by atoms with Crippen LogP contribution in [0.5, 0.6) is 0 Å². The van der Waals surface area contributed by atoms with E-state index in [1.807, 2.05) is 32.9 Å². The summed E-state index contributed by atoms with van der Waals surface area (Å²) >= 11 is 0. The second kappa shape index (κ2) is 8.50. The highest BCUT2D eigenvalue weighted by atomic mass is 32.2. The summed E-state index contributed by atoms with van der Waals surface area (Å²) in [7, 11) is -3.73. The number of carbonyl (C=O) groups excluding carboxylic acids is 1. The van der Waals surface area contributed by atoms with Crippen LogP contribution in [0.25, 0.3) is 0 Å². The number of aryl methyl sites for hydroxylation is 4. The maximum absolute atomic E-state index is 12.7. The molecular weight excluding hydrogens is 402 g/mol. The average Bonchev–Trinajstić information content (AvgIpc) is 2.67. The number of carbonyl (C=O) groups is 1. The van der Waals surface area contributed by atoms with Crippen molar-refractivity contribution in [2.45, 2.75) is 32.6 Å². The summed E-state index contributed by atoms with van der Waals surface area (Å²) in [6.45, 7) is 7.25. The summed E-state index contributed by atoms with van der Waals surface area (Å²) < 4.78 is 27.9. The second-order valence-corrected chi connectivity index (χ2v) is 8.66. The number of amides is 1. The van der Waals surface area contributed by atoms with Crippen LogP contribution in [-0.4, -0.2) is 24.3 Å². The zero-order chi connectivity index (χ0) is 21.9. The lowest BCUT2D eigenvalue weighted by Gasteiger charge is -2.12. The van der Waals surface area contributed by atoms with E-state index in [1.165, 1.54) is 24.3 Å². The molecule has 0 saturated heterocycles. The SMILES string of the molecule is Cc1ccc(C)c(S(=O)(=O)Nc2ccc(C(=O)NNc3nc(C)cc(C)n3)cc2)c1. The summed E-state index contributed by atoms with van der Waals surface area (Å²) in [5.74, 6) is -0.111. The Bertz CT molecular complexity index is 1170. The molecule has 1 heterocycles. The molecule has 156 valence electrons. The quantitative estimate of drug-likeness (QED) is 0.523. The molecule has 0 aliphatic carbocycles. The van der Waals surface area contributed by atoms with E-state index < -0.39 is 15.9 Å². The molecule has 0 saturated carbocycles. The number of aromatic nitrogens is 2. The number of nitrogens with one attached hydrogen (secondary N) is 3. The van der Waals surface area contributed by atoms with Crippen LogP contribution in [-0.2, 0) is 10.0 Å². The summed E-state index contributed by atoms with van der Waals surface area (Å²) in [4.78, 5) is 20.9. The van der Waals surface area contributed by atoms with Crippen molar-refractivity contribution >= 4 is 27.6 Å². The number of sulfonamides is 1. The number of hydrogen-bond acceptors (Lipinski definition) is 6. The Morgan fingerprint density at radius 1 is 0.867 bits per heavy atom. The zero-order valence-electron chi connectivity index (χ0n) is 17.1. The Kier molecular flexibility index (Phi) is 6.02. The van der Waals surface area contributed by atoms with Crippen LogP contribution in [0.15, 0.2) is 53.4 Å². The van der Waals surface area contributed by atoms with Gasteiger partial charge in [-0.05, 0) is 75.2 Å². The molecule has 0 radical (unpaired) electrons. The van der Waals surface area contributed by atoms with Crippen LogP contribution in [0.2, 0.25) is 0 Å². The third-order valence-electron chi connectivity index (χ3n) is 4.30. The smallest absolute Gasteiger partial charge is 0.269 e. The number of benzene rings is 2. The van der Waals surface area contributed by atoms with Gasteiger partial charge in [-0.15, -0.1) is 0 Å². The monoisotopic (exact) mass is 425 g/mol. The van der Waals surface area contributed by atoms with Gasteiger partial charge in [-0.2, -0.15) is 0 Å². The van der Waals surface area contributed by atoms with Gasteiger partial charge in [-0.1, -0.05) is 12.1 Å². The minimum atomic E-state index is -3.73. The highest BCUT2D eigenvalue weighted by molar-refractivity contribution is 7.92. The fraction of sp³-hybridized carbons (Fsp3) is 0.190. The number of anilines is 2. The number of rotatable bonds is 6. The number of nitrogens with zero attached hydrogens (tertiary/aromatic N) is 2. The molecule has 0 spiro atoms. The van der Waals surface area contributed by atoms with Gasteiger partial charge in [0.15, 0.2) is 0 Å². The topological polar surface area (TPSA) is 113 Å². The van der Waals surface area contributed by atoms with E-state index in [0.29, 0.717) is 22.8 Å². The van der Waals surface area contributed by atoms with Crippen LogP contribution >= 0.6 is 0 Å². The summed E-state index contributed by atoms with van der Waals surface area (Å²) in [6, 6.07) is 13.2. The average molecular weight is 426 g/mol. The van der Waals surface area contributed by atoms with Crippen molar-refractivity contribution in [2.24, 2.45) is 0 Å². The van der Waals surface area contributed by atoms with Crippen molar-refractivity contribution in [3.8, 4) is 0 Å². The largest absolute Gasteiger partial charge is 0.280 e. The van der Waals surface area contributed by atoms with Gasteiger partial charge in [-0.25, -0.2) is 18.4 Å². The molecule has 30 heavy (non-hydrogen) atoms. The summed E-state index contributed by atoms with van der Waals surface area (Å²) in [6.07, 6.45) is 0. The summed E-state index contributed by atoms with van der Waals surface area (Å²) in [5.41, 5.74) is 8.98. The highest BCUT2D eigenvalue weighted by Crippen LogP contribution is 2.21. The van der Waals surface area contributed by atoms with E-state index in [4.69, 9.17) is 0 Å². The fourth-order valence-electron chi connectivity index (χ4n) is 2.86. The van der Waals surface area contributed by atoms with E-state index in [0.717, 1.165) is 17.0 Å². The van der Waals surface area contributed by atoms with Crippen LogP contribution in [0, 0.1) is 27.7 Å². The number of hydrazine groups is 1. The van der Waals surface area contributed by atoms with E-state index in [2.05, 4.69) is 25.5 Å². The Labute approximate surface area is 175 Å². The molecule has 9 heteroatoms. The van der Waals surface area contributed by atoms with Gasteiger partial charge >= 0.3 is 0 Å². The van der Waals surface area contributed by atoms with Crippen molar-refractivity contribution in [1.82, 2.24) is 15.4 Å². The van der Waals surface area contributed by atoms with E-state index in [1.54, 1.807) is 19.1 Å². The molecule has 2 aromatic carbocycles. The zero-order valence-corrected chi connectivity index (χ0v) is 18.0. The van der Waals surface area contributed by atoms with Gasteiger partial charge in [0.05, 0.1) is 4.90 Å². The minimum Gasteiger partial charge on any atom is -0.280 e. The lowest BCUT2D eigenvalue weighted by atomic mass is 10.2. The first kappa shape index (κ1) is 21.3. The first-order valence-electron chi connectivity index (χ1n) is 9.23. The molecule has 3 N–H and O–H groups in total. The minimum absolute atomic E-state index is 0.224. The molecule has 8 nitrogen and oxygen atoms in total. The van der Waals surface area contributed by atoms with Crippen LogP contribution < -0.4 is 15.6 Å². The van der Waals surface area contributed by atoms with Gasteiger partial charge in [0, 0.05) is 22.6 Å². The van der Waals surface area contributed by atoms with Crippen LogP contribution in [0.4, 0.5) is 11.6 Å². The standard InChI is InChI=1S/C21H23N5O3S/c1-13-5-6-14(2)19(11-13)30(28,29)26-18-9-7-17(8-10-18)20(27)24-25-21-22-15(3)12-16(4)23-21/h5-12,26H,1-4H3,(H,24,27)(H,22,23,25). The van der Waals surface area contributed by atoms with E-state index in [-0.39, 0.29) is 4.90 Å². The van der Waals surface area contributed by atoms with Crippen molar-refractivity contribution in [3.63, 3.8) is 0 Å². The van der Waals surface area contributed by atoms with Crippen molar-refractivity contribution in [2.75, 3.05) is 10.1 Å². The van der Waals surface area contributed by atoms with Gasteiger partial charge in [0.25, 0.3) is 15.9 Å². The van der Waals surface area contributed by atoms with Gasteiger partial charge in [-0.3, -0.25) is 20.4 Å². The molecule has 0 fully saturated rings. The molecule has 1 aromatic heterocycles. The Hall–Kier alpha value is -3.46. The van der Waals surface area contributed by atoms with Crippen LogP contribution in [0.3, 0.4) is 0 Å². The predicted octanol–water partition coefficient (Wildman–Crippen LogP) is 3.27. The molecule has 3 rings (SSSR count). The predicted molar refractivity (Wildman–Crippen MR) is 116 cm³/mol. The molecular formula is C21H23N5O3S. The summed E-state index contributed by atoms with van der Waals surface area (Å²) in [5, 5.41) is 0. The van der Waals surface area contributed by atoms with Crippen molar-refractivity contribution in [3.05, 3.63) is 76.6 Å². The highest BCUT2D eigenvalue weighted by Gasteiger charge is 2.17. The number of hydrogen-bond donors (Lipinski definition) is 3. The molecule has 0 aliphatic heterocycles. The fourth-order valence-corrected chi connectivity index (χ4v) is 4.25. The van der Waals surface area contributed by atoms with Gasteiger partial charge in [0.1, 0.15) is 0 Å². The molecule has 0 atom stereocenters. The molecule has 0 unspecified atom stereocenters. The molecule has 0 aliphatic rings. The van der Waals surface area contributed by atoms with Crippen LogP contribution in [0.1, 0.15) is 32.9 Å². The Morgan fingerprint density at radius 2 is 1.50 bits per heavy atom. The normalized spacial score (nSPS) is 11.1. The van der Waals surface area contributed by atoms with Gasteiger partial charge in [0.2, 0.25) is 5.95 Å². The molecule has 0 bridgehead atoms. The third kappa shape index (κ3) is 5.12. The lowest BCUT2D eigenvalue weighted by molar-refractivity contribution is 0.0962. The van der Waals surface area contributed by atoms with Gasteiger partial charge < -0.3 is 0 Å². The Balaban J connectivity index is 1.68. The third-order valence-corrected chi connectivity index (χ3v) is 5.83. The first-order valence-corrected chi connectivity index (χ1v) is 10.7. The van der Waals surface area contributed by atoms with E-state index in [9.17, 15) is 13.2 Å². The maximum Gasteiger partial charge on any atom is 0.269 e. The van der Waals surface area contributed by atoms with Crippen molar-refractivity contribution in [1.29, 1.82) is 0 Å². The lowest BCUT2D eigenvalue weighted by Crippen LogP contribution is -2.30.